The molecular formula is C48H74N2O11. The predicted molar refractivity (Wildman–Crippen MR) is 230 cm³/mol. The third-order valence-electron chi connectivity index (χ3n) is 15.1. The van der Waals surface area contributed by atoms with E-state index in [0.717, 1.165) is 24.9 Å². The number of carbonyl (C=O) groups is 2. The minimum Gasteiger partial charge on any atom is -0.462 e. The number of hydrogen-bond donors (Lipinski definition) is 2. The number of carbonyl (C=O) groups excluding carboxylic acids is 2. The topological polar surface area (TPSA) is 143 Å². The fourth-order valence-electron chi connectivity index (χ4n) is 12.0. The van der Waals surface area contributed by atoms with Crippen LogP contribution in [-0.2, 0) is 47.5 Å². The number of methoxy groups -OCH3 is 2. The van der Waals surface area contributed by atoms with Crippen LogP contribution in [-0.4, -0.2) is 136 Å². The summed E-state index contributed by atoms with van der Waals surface area (Å²) in [6, 6.07) is 9.75. The molecule has 0 aromatic heterocycles. The van der Waals surface area contributed by atoms with E-state index in [0.29, 0.717) is 50.3 Å². The number of ketones is 1. The van der Waals surface area contributed by atoms with E-state index in [9.17, 15) is 9.90 Å². The number of esters is 1. The first kappa shape index (κ1) is 46.5. The molecular weight excluding hydrogens is 781 g/mol. The number of allylic oxidation sites excluding steroid dienone is 2. The van der Waals surface area contributed by atoms with E-state index in [2.05, 4.69) is 44.2 Å². The van der Waals surface area contributed by atoms with Crippen LogP contribution in [0.15, 0.2) is 42.0 Å². The molecule has 61 heavy (non-hydrogen) atoms. The Labute approximate surface area is 363 Å². The number of benzene rings is 1. The zero-order chi connectivity index (χ0) is 43.5. The summed E-state index contributed by atoms with van der Waals surface area (Å²) in [4.78, 5) is 31.4. The highest BCUT2D eigenvalue weighted by Crippen LogP contribution is 2.57. The number of nitrogens with zero attached hydrogens (tertiary/aromatic N) is 1. The van der Waals surface area contributed by atoms with Gasteiger partial charge in [-0.25, -0.2) is 0 Å². The Morgan fingerprint density at radius 2 is 1.61 bits per heavy atom. The molecule has 342 valence electrons. The summed E-state index contributed by atoms with van der Waals surface area (Å²) in [6.45, 7) is 10.5. The largest absolute Gasteiger partial charge is 0.462 e. The molecule has 3 aliphatic carbocycles. The molecule has 3 saturated heterocycles. The Bertz CT molecular complexity index is 1630. The van der Waals surface area contributed by atoms with Gasteiger partial charge in [0.15, 0.2) is 18.4 Å². The van der Waals surface area contributed by atoms with Gasteiger partial charge < -0.3 is 53.2 Å². The van der Waals surface area contributed by atoms with Crippen LogP contribution < -0.4 is 5.32 Å². The average molecular weight is 855 g/mol. The third-order valence-corrected chi connectivity index (χ3v) is 15.1. The highest BCUT2D eigenvalue weighted by Gasteiger charge is 2.60. The molecule has 3 unspecified atom stereocenters. The van der Waals surface area contributed by atoms with Gasteiger partial charge in [0.1, 0.15) is 24.4 Å². The molecule has 1 aromatic rings. The number of cyclic esters (lactones) is 1. The number of fused-ring (bicyclic) bond motifs is 5. The number of aliphatic hydroxyl groups is 1. The van der Waals surface area contributed by atoms with Gasteiger partial charge in [-0.2, -0.15) is 0 Å². The zero-order valence-electron chi connectivity index (χ0n) is 38.0. The number of hydrogen-bond acceptors (Lipinski definition) is 13. The van der Waals surface area contributed by atoms with Crippen molar-refractivity contribution in [3.05, 3.63) is 42.0 Å². The van der Waals surface area contributed by atoms with Crippen LogP contribution in [0.4, 0.5) is 5.69 Å². The molecule has 6 aliphatic rings. The van der Waals surface area contributed by atoms with Crippen molar-refractivity contribution >= 4 is 17.4 Å². The van der Waals surface area contributed by atoms with Gasteiger partial charge in [-0.05, 0) is 128 Å². The van der Waals surface area contributed by atoms with Crippen LogP contribution in [0.25, 0.3) is 0 Å². The predicted octanol–water partition coefficient (Wildman–Crippen LogP) is 6.16. The molecule has 13 nitrogen and oxygen atoms in total. The Morgan fingerprint density at radius 3 is 2.28 bits per heavy atom. The van der Waals surface area contributed by atoms with Crippen LogP contribution in [0, 0.1) is 35.5 Å². The van der Waals surface area contributed by atoms with Crippen LogP contribution >= 0.6 is 0 Å². The summed E-state index contributed by atoms with van der Waals surface area (Å²) in [7, 11) is 7.45. The molecule has 5 fully saturated rings. The Morgan fingerprint density at radius 1 is 0.869 bits per heavy atom. The summed E-state index contributed by atoms with van der Waals surface area (Å²) < 4.78 is 50.7. The molecule has 2 saturated carbocycles. The second-order valence-corrected chi connectivity index (χ2v) is 18.9. The summed E-state index contributed by atoms with van der Waals surface area (Å²) in [5.74, 6) is -1.76. The standard InChI is InChI=1S/C48H74N2O11/c1-10-30-18-15-19-38(61-40-21-20-37(50(6)7)27(4)57-40)26(3)43(52)36-24-33-32-22-31(60-48-47(55-9)46(56-11-2)45(54-8)28(5)58-48)23-35(32)44(53)42(49-29-16-13-12-14-17-29)41(33)34(36)25-39(51)59-30/h12-14,16-17,24,26-28,30-35,37-38,40-42,44-49,53H,10-11,15,18-23,25H2,1-9H3/t26-,27?,28?,30+,31+,32+,33+,34-,35-,37+,38+,40+,41-,42-,44-,45+,46-,47?,48+/m1/s1. The monoisotopic (exact) mass is 855 g/mol. The van der Waals surface area contributed by atoms with E-state index >= 15 is 4.79 Å². The number of nitrogens with one attached hydrogen (secondary N) is 1. The quantitative estimate of drug-likeness (QED) is 0.232. The maximum Gasteiger partial charge on any atom is 0.306 e. The smallest absolute Gasteiger partial charge is 0.306 e. The van der Waals surface area contributed by atoms with Crippen LogP contribution in [0.5, 0.6) is 0 Å². The van der Waals surface area contributed by atoms with Crippen molar-refractivity contribution in [3.8, 4) is 0 Å². The first-order chi connectivity index (χ1) is 29.4. The third kappa shape index (κ3) is 9.95. The minimum absolute atomic E-state index is 0.00247. The molecule has 2 N–H and O–H groups in total. The molecule has 19 atom stereocenters. The number of likely N-dealkylation sites (N-methyl/N-ethyl adjacent to an activating group) is 1. The molecule has 7 rings (SSSR count). The average Bonchev–Trinajstić information content (AvgIpc) is 3.83. The minimum atomic E-state index is -0.785. The Hall–Kier alpha value is -2.46. The fourth-order valence-corrected chi connectivity index (χ4v) is 12.0. The molecule has 3 heterocycles. The highest BCUT2D eigenvalue weighted by molar-refractivity contribution is 5.99. The lowest BCUT2D eigenvalue weighted by molar-refractivity contribution is -0.317. The SMILES string of the molecule is CCO[C@H]1C(OC)[C@H](O[C@@H]2C[C@H]3[C@@H](O)[C@H](Nc4ccccc4)[C@@H]4[C@@H](C=C5C(=O)[C@H](C)[C@@H](O[C@H]6CC[C@H](N(C)C)C(C)O6)CCC[C@H](CC)OC(=O)C[C@H]54)[C@@H]3C2)OC(C)[C@@H]1OC. The molecule has 1 aromatic carbocycles. The maximum absolute atomic E-state index is 15.2. The van der Waals surface area contributed by atoms with Crippen LogP contribution in [0.1, 0.15) is 92.4 Å². The van der Waals surface area contributed by atoms with Gasteiger partial charge >= 0.3 is 5.97 Å². The normalized spacial score (nSPS) is 43.3. The van der Waals surface area contributed by atoms with E-state index in [-0.39, 0.29) is 84.6 Å². The maximum atomic E-state index is 15.2. The van der Waals surface area contributed by atoms with Gasteiger partial charge in [-0.1, -0.05) is 38.1 Å². The van der Waals surface area contributed by atoms with Gasteiger partial charge in [0, 0.05) is 44.4 Å². The summed E-state index contributed by atoms with van der Waals surface area (Å²) in [5.41, 5.74) is 1.52. The van der Waals surface area contributed by atoms with Gasteiger partial charge in [-0.15, -0.1) is 0 Å². The van der Waals surface area contributed by atoms with Gasteiger partial charge in [0.05, 0.1) is 43.0 Å². The highest BCUT2D eigenvalue weighted by atomic mass is 16.7. The summed E-state index contributed by atoms with van der Waals surface area (Å²) in [5, 5.41) is 16.3. The van der Waals surface area contributed by atoms with E-state index < -0.39 is 42.7 Å². The zero-order valence-corrected chi connectivity index (χ0v) is 38.0. The van der Waals surface area contributed by atoms with E-state index in [4.69, 9.17) is 37.9 Å². The van der Waals surface area contributed by atoms with Crippen molar-refractivity contribution in [1.29, 1.82) is 0 Å². The van der Waals surface area contributed by atoms with Crippen molar-refractivity contribution in [1.82, 2.24) is 4.90 Å². The number of ether oxygens (including phenoxy) is 8. The lowest BCUT2D eigenvalue weighted by atomic mass is 9.62. The fraction of sp³-hybridized carbons (Fsp3) is 0.792. The first-order valence-electron chi connectivity index (χ1n) is 23.3. The van der Waals surface area contributed by atoms with Crippen molar-refractivity contribution < 1.29 is 52.6 Å². The van der Waals surface area contributed by atoms with Crippen LogP contribution in [0.2, 0.25) is 0 Å². The van der Waals surface area contributed by atoms with Crippen molar-refractivity contribution in [3.63, 3.8) is 0 Å². The summed E-state index contributed by atoms with van der Waals surface area (Å²) >= 11 is 0. The molecule has 0 radical (unpaired) electrons. The van der Waals surface area contributed by atoms with Gasteiger partial charge in [0.2, 0.25) is 0 Å². The Kier molecular flexibility index (Phi) is 15.7. The molecule has 0 bridgehead atoms. The number of anilines is 1. The van der Waals surface area contributed by atoms with Crippen molar-refractivity contribution in [2.24, 2.45) is 35.5 Å². The molecule has 0 amide bonds. The lowest BCUT2D eigenvalue weighted by Gasteiger charge is -2.47. The Balaban J connectivity index is 1.20. The van der Waals surface area contributed by atoms with Gasteiger partial charge in [-0.3, -0.25) is 9.59 Å². The summed E-state index contributed by atoms with van der Waals surface area (Å²) in [6.07, 6.45) is 3.67. The van der Waals surface area contributed by atoms with E-state index in [1.54, 1.807) is 14.2 Å². The number of Topliss-reactive ketones (excluding diaryl/α,β-unsaturated/α-hetero) is 1. The van der Waals surface area contributed by atoms with E-state index in [1.807, 2.05) is 51.1 Å². The number of para-hydroxylation sites is 1. The first-order valence-corrected chi connectivity index (χ1v) is 23.3. The number of aliphatic hydroxyl groups excluding tert-OH is 1. The molecule has 3 aliphatic heterocycles. The second-order valence-electron chi connectivity index (χ2n) is 18.9. The molecule has 13 heteroatoms. The van der Waals surface area contributed by atoms with E-state index in [1.165, 1.54) is 0 Å². The second kappa shape index (κ2) is 20.6. The number of rotatable bonds is 12. The van der Waals surface area contributed by atoms with Crippen molar-refractivity contribution in [2.45, 2.75) is 172 Å². The molecule has 0 spiro atoms. The van der Waals surface area contributed by atoms with Crippen molar-refractivity contribution in [2.75, 3.05) is 40.2 Å². The lowest BCUT2D eigenvalue weighted by Crippen LogP contribution is -2.60. The van der Waals surface area contributed by atoms with Crippen LogP contribution in [0.3, 0.4) is 0 Å². The van der Waals surface area contributed by atoms with Gasteiger partial charge in [0.25, 0.3) is 0 Å².